The first-order chi connectivity index (χ1) is 8.26. The molecule has 1 fully saturated rings. The number of amides is 1. The Balaban J connectivity index is 2.15. The number of benzene rings is 1. The molecule has 0 bridgehead atoms. The van der Waals surface area contributed by atoms with E-state index >= 15 is 0 Å². The van der Waals surface area contributed by atoms with Crippen LogP contribution in [0.25, 0.3) is 0 Å². The van der Waals surface area contributed by atoms with Crippen LogP contribution in [0.3, 0.4) is 0 Å². The highest BCUT2D eigenvalue weighted by Gasteiger charge is 2.31. The highest BCUT2D eigenvalue weighted by molar-refractivity contribution is 7.98. The lowest BCUT2D eigenvalue weighted by Gasteiger charge is -2.17. The Morgan fingerprint density at radius 2 is 2.35 bits per heavy atom. The maximum atomic E-state index is 12.2. The maximum Gasteiger partial charge on any atom is 0.244 e. The minimum atomic E-state index is -0.00191. The molecule has 1 aliphatic rings. The first kappa shape index (κ1) is 12.5. The molecule has 1 aliphatic heterocycles. The van der Waals surface area contributed by atoms with Crippen molar-refractivity contribution in [3.63, 3.8) is 0 Å². The Hall–Kier alpha value is -1.00. The lowest BCUT2D eigenvalue weighted by molar-refractivity contribution is -0.118. The van der Waals surface area contributed by atoms with E-state index < -0.39 is 0 Å². The van der Waals surface area contributed by atoms with Crippen LogP contribution in [-0.2, 0) is 4.79 Å². The molecule has 1 saturated heterocycles. The van der Waals surface area contributed by atoms with E-state index in [1.165, 1.54) is 4.90 Å². The molecule has 1 amide bonds. The van der Waals surface area contributed by atoms with E-state index in [1.54, 1.807) is 11.8 Å². The second-order valence-corrected chi connectivity index (χ2v) is 4.97. The number of anilines is 1. The van der Waals surface area contributed by atoms with Gasteiger partial charge >= 0.3 is 0 Å². The summed E-state index contributed by atoms with van der Waals surface area (Å²) in [6, 6.07) is 8.16. The predicted molar refractivity (Wildman–Crippen MR) is 72.7 cm³/mol. The molecule has 3 nitrogen and oxygen atoms in total. The van der Waals surface area contributed by atoms with Crippen LogP contribution in [0.15, 0.2) is 29.2 Å². The summed E-state index contributed by atoms with van der Waals surface area (Å²) in [6.45, 7) is 3.69. The van der Waals surface area contributed by atoms with E-state index in [0.717, 1.165) is 25.2 Å². The Morgan fingerprint density at radius 3 is 3.06 bits per heavy atom. The van der Waals surface area contributed by atoms with Crippen LogP contribution in [0.2, 0.25) is 0 Å². The predicted octanol–water partition coefficient (Wildman–Crippen LogP) is 2.12. The molecule has 4 heteroatoms. The summed E-state index contributed by atoms with van der Waals surface area (Å²) in [4.78, 5) is 15.2. The third kappa shape index (κ3) is 2.64. The summed E-state index contributed by atoms with van der Waals surface area (Å²) in [5.41, 5.74) is 1.02. The minimum absolute atomic E-state index is 0.00191. The molecule has 17 heavy (non-hydrogen) atoms. The zero-order chi connectivity index (χ0) is 12.3. The van der Waals surface area contributed by atoms with Gasteiger partial charge in [0.25, 0.3) is 0 Å². The summed E-state index contributed by atoms with van der Waals surface area (Å²) in [6.07, 6.45) is 2.95. The lowest BCUT2D eigenvalue weighted by atomic mass is 10.2. The average molecular weight is 250 g/mol. The molecular formula is C13H18N2OS. The molecule has 2 rings (SSSR count). The molecule has 0 aliphatic carbocycles. The second kappa shape index (κ2) is 5.56. The molecule has 1 unspecified atom stereocenters. The Morgan fingerprint density at radius 1 is 1.53 bits per heavy atom. The van der Waals surface area contributed by atoms with Gasteiger partial charge in [0.05, 0.1) is 6.04 Å². The molecule has 1 aromatic rings. The van der Waals surface area contributed by atoms with Crippen molar-refractivity contribution in [2.75, 3.05) is 24.2 Å². The van der Waals surface area contributed by atoms with Crippen molar-refractivity contribution in [1.29, 1.82) is 0 Å². The van der Waals surface area contributed by atoms with E-state index in [1.807, 2.05) is 30.2 Å². The second-order valence-electron chi connectivity index (χ2n) is 4.09. The van der Waals surface area contributed by atoms with E-state index in [-0.39, 0.29) is 11.9 Å². The highest BCUT2D eigenvalue weighted by Crippen LogP contribution is 2.25. The van der Waals surface area contributed by atoms with Gasteiger partial charge < -0.3 is 10.2 Å². The fraction of sp³-hybridized carbons (Fsp3) is 0.462. The normalized spacial score (nSPS) is 20.0. The third-order valence-corrected chi connectivity index (χ3v) is 3.75. The number of rotatable bonds is 4. The van der Waals surface area contributed by atoms with E-state index in [9.17, 15) is 4.79 Å². The van der Waals surface area contributed by atoms with Crippen LogP contribution in [0.5, 0.6) is 0 Å². The van der Waals surface area contributed by atoms with Gasteiger partial charge in [0, 0.05) is 17.1 Å². The van der Waals surface area contributed by atoms with Crippen molar-refractivity contribution in [3.8, 4) is 0 Å². The summed E-state index contributed by atoms with van der Waals surface area (Å²) in [7, 11) is 0. The van der Waals surface area contributed by atoms with Gasteiger partial charge in [-0.15, -0.1) is 11.8 Å². The van der Waals surface area contributed by atoms with Crippen LogP contribution < -0.4 is 10.2 Å². The molecule has 1 N–H and O–H groups in total. The van der Waals surface area contributed by atoms with Crippen LogP contribution in [0, 0.1) is 0 Å². The summed E-state index contributed by atoms with van der Waals surface area (Å²) < 4.78 is 0. The number of carbonyl (C=O) groups excluding carboxylic acids is 1. The molecule has 1 heterocycles. The number of hydrogen-bond acceptors (Lipinski definition) is 3. The molecule has 0 spiro atoms. The highest BCUT2D eigenvalue weighted by atomic mass is 32.2. The van der Waals surface area contributed by atoms with Crippen LogP contribution in [-0.4, -0.2) is 31.3 Å². The van der Waals surface area contributed by atoms with Gasteiger partial charge in [-0.3, -0.25) is 4.79 Å². The number of likely N-dealkylation sites (N-methyl/N-ethyl adjacent to an activating group) is 1. The first-order valence-corrected chi connectivity index (χ1v) is 7.17. The molecule has 1 aromatic carbocycles. The minimum Gasteiger partial charge on any atom is -0.311 e. The van der Waals surface area contributed by atoms with E-state index in [2.05, 4.69) is 17.4 Å². The Labute approximate surface area is 107 Å². The van der Waals surface area contributed by atoms with E-state index in [4.69, 9.17) is 0 Å². The van der Waals surface area contributed by atoms with Crippen molar-refractivity contribution < 1.29 is 4.79 Å². The SMILES string of the molecule is CCNC1CCN(c2cccc(SC)c2)C1=O. The molecular weight excluding hydrogens is 232 g/mol. The molecule has 1 atom stereocenters. The molecule has 92 valence electrons. The first-order valence-electron chi connectivity index (χ1n) is 5.95. The van der Waals surface area contributed by atoms with Gasteiger partial charge in [-0.1, -0.05) is 13.0 Å². The van der Waals surface area contributed by atoms with Crippen molar-refractivity contribution >= 4 is 23.4 Å². The standard InChI is InChI=1S/C13H18N2OS/c1-3-14-12-7-8-15(13(12)16)10-5-4-6-11(9-10)17-2/h4-6,9,12,14H,3,7-8H2,1-2H3. The number of thioether (sulfide) groups is 1. The third-order valence-electron chi connectivity index (χ3n) is 3.02. The van der Waals surface area contributed by atoms with Gasteiger partial charge in [0.2, 0.25) is 5.91 Å². The largest absolute Gasteiger partial charge is 0.311 e. The van der Waals surface area contributed by atoms with Crippen molar-refractivity contribution in [1.82, 2.24) is 5.32 Å². The van der Waals surface area contributed by atoms with Crippen molar-refractivity contribution in [3.05, 3.63) is 24.3 Å². The number of nitrogens with one attached hydrogen (secondary N) is 1. The summed E-state index contributed by atoms with van der Waals surface area (Å²) >= 11 is 1.70. The van der Waals surface area contributed by atoms with E-state index in [0.29, 0.717) is 0 Å². The number of hydrogen-bond donors (Lipinski definition) is 1. The van der Waals surface area contributed by atoms with Gasteiger partial charge in [-0.25, -0.2) is 0 Å². The van der Waals surface area contributed by atoms with Gasteiger partial charge in [0.1, 0.15) is 0 Å². The molecule has 0 aromatic heterocycles. The zero-order valence-electron chi connectivity index (χ0n) is 10.3. The summed E-state index contributed by atoms with van der Waals surface area (Å²) in [5.74, 6) is 0.199. The smallest absolute Gasteiger partial charge is 0.244 e. The topological polar surface area (TPSA) is 32.3 Å². The fourth-order valence-electron chi connectivity index (χ4n) is 2.15. The van der Waals surface area contributed by atoms with Gasteiger partial charge in [-0.2, -0.15) is 0 Å². The van der Waals surface area contributed by atoms with Crippen molar-refractivity contribution in [2.24, 2.45) is 0 Å². The van der Waals surface area contributed by atoms with Gasteiger partial charge in [-0.05, 0) is 37.4 Å². The number of nitrogens with zero attached hydrogens (tertiary/aromatic N) is 1. The van der Waals surface area contributed by atoms with Crippen LogP contribution in [0.4, 0.5) is 5.69 Å². The van der Waals surface area contributed by atoms with Crippen LogP contribution >= 0.6 is 11.8 Å². The monoisotopic (exact) mass is 250 g/mol. The lowest BCUT2D eigenvalue weighted by Crippen LogP contribution is -2.38. The average Bonchev–Trinajstić information content (AvgIpc) is 2.72. The Bertz CT molecular complexity index is 408. The zero-order valence-corrected chi connectivity index (χ0v) is 11.1. The quantitative estimate of drug-likeness (QED) is 0.831. The molecule has 0 saturated carbocycles. The molecule has 0 radical (unpaired) electrons. The Kier molecular flexibility index (Phi) is 4.07. The number of carbonyl (C=O) groups is 1. The van der Waals surface area contributed by atoms with Crippen LogP contribution in [0.1, 0.15) is 13.3 Å². The maximum absolute atomic E-state index is 12.2. The van der Waals surface area contributed by atoms with Gasteiger partial charge in [0.15, 0.2) is 0 Å². The van der Waals surface area contributed by atoms with Crippen molar-refractivity contribution in [2.45, 2.75) is 24.3 Å². The summed E-state index contributed by atoms with van der Waals surface area (Å²) in [5, 5.41) is 3.23. The fourth-order valence-corrected chi connectivity index (χ4v) is 2.60.